The van der Waals surface area contributed by atoms with Gasteiger partial charge in [0.25, 0.3) is 0 Å². The van der Waals surface area contributed by atoms with Crippen LogP contribution in [0.2, 0.25) is 0 Å². The van der Waals surface area contributed by atoms with Gasteiger partial charge in [0, 0.05) is 13.7 Å². The van der Waals surface area contributed by atoms with E-state index in [0.717, 1.165) is 24.3 Å². The highest BCUT2D eigenvalue weighted by Crippen LogP contribution is 2.20. The van der Waals surface area contributed by atoms with Crippen molar-refractivity contribution < 1.29 is 9.47 Å². The van der Waals surface area contributed by atoms with Crippen molar-refractivity contribution in [3.8, 4) is 5.75 Å². The lowest BCUT2D eigenvalue weighted by Crippen LogP contribution is -2.14. The summed E-state index contributed by atoms with van der Waals surface area (Å²) in [6, 6.07) is 7.89. The molecular weight excluding hydrogens is 190 g/mol. The van der Waals surface area contributed by atoms with Crippen LogP contribution < -0.4 is 10.5 Å². The van der Waals surface area contributed by atoms with E-state index >= 15 is 0 Å². The summed E-state index contributed by atoms with van der Waals surface area (Å²) in [5.41, 5.74) is 6.66. The maximum absolute atomic E-state index is 5.60. The average molecular weight is 209 g/mol. The Morgan fingerprint density at radius 2 is 2.20 bits per heavy atom. The zero-order valence-electron chi connectivity index (χ0n) is 9.40. The number of nitrogens with two attached hydrogens (primary N) is 1. The summed E-state index contributed by atoms with van der Waals surface area (Å²) in [6.07, 6.45) is 0.963. The highest BCUT2D eigenvalue weighted by Gasteiger charge is 2.08. The summed E-state index contributed by atoms with van der Waals surface area (Å²) in [5.74, 6) is 0.879. The highest BCUT2D eigenvalue weighted by molar-refractivity contribution is 5.30. The third-order valence-corrected chi connectivity index (χ3v) is 2.20. The van der Waals surface area contributed by atoms with Crippen molar-refractivity contribution in [2.75, 3.05) is 20.3 Å². The van der Waals surface area contributed by atoms with Crippen LogP contribution in [0.4, 0.5) is 0 Å². The molecule has 0 saturated carbocycles. The molecule has 0 aliphatic carbocycles. The van der Waals surface area contributed by atoms with Gasteiger partial charge in [0.05, 0.1) is 12.7 Å². The zero-order chi connectivity index (χ0) is 11.1. The number of hydrogen-bond acceptors (Lipinski definition) is 3. The van der Waals surface area contributed by atoms with E-state index in [1.165, 1.54) is 0 Å². The minimum absolute atomic E-state index is 0.0461. The number of ether oxygens (including phenoxy) is 2. The molecule has 1 aromatic rings. The van der Waals surface area contributed by atoms with Crippen LogP contribution in [0, 0.1) is 0 Å². The molecule has 15 heavy (non-hydrogen) atoms. The van der Waals surface area contributed by atoms with Crippen molar-refractivity contribution in [2.45, 2.75) is 19.4 Å². The Bertz CT molecular complexity index is 285. The average Bonchev–Trinajstić information content (AvgIpc) is 2.29. The van der Waals surface area contributed by atoms with Crippen molar-refractivity contribution >= 4 is 0 Å². The third-order valence-electron chi connectivity index (χ3n) is 2.20. The fourth-order valence-corrected chi connectivity index (χ4v) is 1.39. The van der Waals surface area contributed by atoms with Gasteiger partial charge in [-0.2, -0.15) is 0 Å². The van der Waals surface area contributed by atoms with Crippen LogP contribution in [0.3, 0.4) is 0 Å². The van der Waals surface area contributed by atoms with Crippen LogP contribution in [0.25, 0.3) is 0 Å². The Morgan fingerprint density at radius 1 is 1.40 bits per heavy atom. The van der Waals surface area contributed by atoms with Gasteiger partial charge in [-0.25, -0.2) is 0 Å². The minimum atomic E-state index is -0.0461. The quantitative estimate of drug-likeness (QED) is 0.780. The van der Waals surface area contributed by atoms with Crippen LogP contribution in [0.5, 0.6) is 5.75 Å². The smallest absolute Gasteiger partial charge is 0.119 e. The molecule has 0 saturated heterocycles. The second-order valence-electron chi connectivity index (χ2n) is 3.38. The number of benzene rings is 1. The molecule has 1 atom stereocenters. The fraction of sp³-hybridized carbons (Fsp3) is 0.500. The second kappa shape index (κ2) is 6.43. The topological polar surface area (TPSA) is 44.5 Å². The summed E-state index contributed by atoms with van der Waals surface area (Å²) >= 11 is 0. The summed E-state index contributed by atoms with van der Waals surface area (Å²) in [7, 11) is 1.66. The van der Waals surface area contributed by atoms with Crippen molar-refractivity contribution in [2.24, 2.45) is 5.73 Å². The van der Waals surface area contributed by atoms with E-state index in [-0.39, 0.29) is 6.10 Å². The maximum Gasteiger partial charge on any atom is 0.119 e. The molecule has 84 valence electrons. The molecule has 1 rings (SSSR count). The normalized spacial score (nSPS) is 12.5. The first-order valence-corrected chi connectivity index (χ1v) is 5.27. The maximum atomic E-state index is 5.60. The molecule has 0 aliphatic rings. The van der Waals surface area contributed by atoms with E-state index in [4.69, 9.17) is 15.2 Å². The lowest BCUT2D eigenvalue weighted by atomic mass is 10.1. The molecule has 0 aliphatic heterocycles. The Morgan fingerprint density at radius 3 is 2.80 bits per heavy atom. The molecule has 3 heteroatoms. The molecule has 1 unspecified atom stereocenters. The number of rotatable bonds is 6. The first-order valence-electron chi connectivity index (χ1n) is 5.27. The minimum Gasteiger partial charge on any atom is -0.494 e. The van der Waals surface area contributed by atoms with Gasteiger partial charge >= 0.3 is 0 Å². The fourth-order valence-electron chi connectivity index (χ4n) is 1.39. The van der Waals surface area contributed by atoms with Crippen molar-refractivity contribution in [3.05, 3.63) is 29.8 Å². The first kappa shape index (κ1) is 12.0. The number of methoxy groups -OCH3 is 1. The van der Waals surface area contributed by atoms with Gasteiger partial charge < -0.3 is 15.2 Å². The van der Waals surface area contributed by atoms with Crippen LogP contribution >= 0.6 is 0 Å². The predicted octanol–water partition coefficient (Wildman–Crippen LogP) is 2.12. The zero-order valence-corrected chi connectivity index (χ0v) is 9.40. The molecule has 2 N–H and O–H groups in total. The molecule has 0 spiro atoms. The van der Waals surface area contributed by atoms with Gasteiger partial charge in [0.2, 0.25) is 0 Å². The lowest BCUT2D eigenvalue weighted by Gasteiger charge is -2.14. The van der Waals surface area contributed by atoms with Crippen LogP contribution in [-0.2, 0) is 4.74 Å². The van der Waals surface area contributed by atoms with E-state index in [0.29, 0.717) is 6.54 Å². The van der Waals surface area contributed by atoms with E-state index in [1.54, 1.807) is 7.11 Å². The Balaban J connectivity index is 2.72. The molecule has 0 heterocycles. The van der Waals surface area contributed by atoms with Gasteiger partial charge in [-0.05, 0) is 24.1 Å². The number of hydrogen-bond donors (Lipinski definition) is 1. The summed E-state index contributed by atoms with van der Waals surface area (Å²) in [6.45, 7) is 3.30. The molecule has 0 amide bonds. The largest absolute Gasteiger partial charge is 0.494 e. The lowest BCUT2D eigenvalue weighted by molar-refractivity contribution is 0.110. The monoisotopic (exact) mass is 209 g/mol. The van der Waals surface area contributed by atoms with Crippen LogP contribution in [-0.4, -0.2) is 20.3 Å². The molecule has 3 nitrogen and oxygen atoms in total. The molecule has 0 fully saturated rings. The summed E-state index contributed by atoms with van der Waals surface area (Å²) in [4.78, 5) is 0. The molecule has 0 bridgehead atoms. The molecule has 0 aromatic heterocycles. The van der Waals surface area contributed by atoms with Gasteiger partial charge in [-0.15, -0.1) is 0 Å². The Labute approximate surface area is 91.2 Å². The Hall–Kier alpha value is -1.06. The van der Waals surface area contributed by atoms with Crippen molar-refractivity contribution in [1.29, 1.82) is 0 Å². The van der Waals surface area contributed by atoms with E-state index < -0.39 is 0 Å². The molecular formula is C12H19NO2. The molecule has 1 aromatic carbocycles. The third kappa shape index (κ3) is 3.53. The summed E-state index contributed by atoms with van der Waals surface area (Å²) in [5, 5.41) is 0. The van der Waals surface area contributed by atoms with Crippen molar-refractivity contribution in [3.63, 3.8) is 0 Å². The predicted molar refractivity (Wildman–Crippen MR) is 61.0 cm³/mol. The van der Waals surface area contributed by atoms with E-state index in [1.807, 2.05) is 24.3 Å². The van der Waals surface area contributed by atoms with Crippen LogP contribution in [0.15, 0.2) is 24.3 Å². The first-order chi connectivity index (χ1) is 7.31. The SMILES string of the molecule is CCCOc1cccc(C(CN)OC)c1. The van der Waals surface area contributed by atoms with Crippen LogP contribution in [0.1, 0.15) is 25.0 Å². The summed E-state index contributed by atoms with van der Waals surface area (Å²) < 4.78 is 10.8. The van der Waals surface area contributed by atoms with Gasteiger partial charge in [0.1, 0.15) is 5.75 Å². The van der Waals surface area contributed by atoms with E-state index in [2.05, 4.69) is 6.92 Å². The molecule has 0 radical (unpaired) electrons. The Kier molecular flexibility index (Phi) is 5.15. The van der Waals surface area contributed by atoms with Gasteiger partial charge in [0.15, 0.2) is 0 Å². The van der Waals surface area contributed by atoms with Gasteiger partial charge in [-0.3, -0.25) is 0 Å². The second-order valence-corrected chi connectivity index (χ2v) is 3.38. The highest BCUT2D eigenvalue weighted by atomic mass is 16.5. The van der Waals surface area contributed by atoms with E-state index in [9.17, 15) is 0 Å². The van der Waals surface area contributed by atoms with Crippen molar-refractivity contribution in [1.82, 2.24) is 0 Å². The van der Waals surface area contributed by atoms with Gasteiger partial charge in [-0.1, -0.05) is 19.1 Å². The standard InChI is InChI=1S/C12H19NO2/c1-3-7-15-11-6-4-5-10(8-11)12(9-13)14-2/h4-6,8,12H,3,7,9,13H2,1-2H3.